The fourth-order valence-corrected chi connectivity index (χ4v) is 2.73. The third-order valence-electron chi connectivity index (χ3n) is 4.64. The minimum Gasteiger partial charge on any atom is -0.377 e. The number of hydrogen-bond donors (Lipinski definition) is 0. The maximum atomic E-state index is 4.00. The van der Waals surface area contributed by atoms with Gasteiger partial charge < -0.3 is 9.80 Å². The molecule has 20 heavy (non-hydrogen) atoms. The number of allylic oxidation sites excluding steroid dienone is 5. The lowest BCUT2D eigenvalue weighted by molar-refractivity contribution is 0.0728. The zero-order valence-electron chi connectivity index (χ0n) is 13.5. The van der Waals surface area contributed by atoms with E-state index in [0.717, 1.165) is 26.2 Å². The normalized spacial score (nSPS) is 19.6. The van der Waals surface area contributed by atoms with Crippen molar-refractivity contribution in [3.63, 3.8) is 0 Å². The Labute approximate surface area is 124 Å². The van der Waals surface area contributed by atoms with Gasteiger partial charge in [0.15, 0.2) is 0 Å². The first-order valence-corrected chi connectivity index (χ1v) is 7.65. The average Bonchev–Trinajstić information content (AvgIpc) is 2.34. The Morgan fingerprint density at radius 3 is 2.50 bits per heavy atom. The number of likely N-dealkylation sites (N-methyl/N-ethyl adjacent to an activating group) is 2. The van der Waals surface area contributed by atoms with Gasteiger partial charge in [-0.05, 0) is 39.8 Å². The summed E-state index contributed by atoms with van der Waals surface area (Å²) < 4.78 is 0. The van der Waals surface area contributed by atoms with Crippen molar-refractivity contribution >= 4 is 0 Å². The highest BCUT2D eigenvalue weighted by Gasteiger charge is 2.29. The van der Waals surface area contributed by atoms with Crippen molar-refractivity contribution in [3.8, 4) is 0 Å². The maximum absolute atomic E-state index is 4.00. The van der Waals surface area contributed by atoms with E-state index in [0.29, 0.717) is 6.04 Å². The van der Waals surface area contributed by atoms with E-state index in [1.54, 1.807) is 0 Å². The Morgan fingerprint density at radius 1 is 1.25 bits per heavy atom. The van der Waals surface area contributed by atoms with Crippen LogP contribution in [0.5, 0.6) is 0 Å². The molecule has 2 rings (SSSR count). The Kier molecular flexibility index (Phi) is 4.92. The monoisotopic (exact) mass is 275 g/mol. The molecule has 2 aliphatic rings. The van der Waals surface area contributed by atoms with Crippen molar-refractivity contribution in [1.29, 1.82) is 0 Å². The molecule has 0 radical (unpaired) electrons. The van der Waals surface area contributed by atoms with Crippen LogP contribution in [0.25, 0.3) is 0 Å². The van der Waals surface area contributed by atoms with Gasteiger partial charge in [0.2, 0.25) is 0 Å². The second-order valence-electron chi connectivity index (χ2n) is 6.37. The number of hydrogen-bond acceptors (Lipinski definition) is 3. The van der Waals surface area contributed by atoms with Crippen LogP contribution in [0.15, 0.2) is 35.7 Å². The molecule has 1 aliphatic carbocycles. The van der Waals surface area contributed by atoms with Crippen LogP contribution >= 0.6 is 0 Å². The zero-order chi connectivity index (χ0) is 14.7. The van der Waals surface area contributed by atoms with E-state index in [2.05, 4.69) is 61.4 Å². The van der Waals surface area contributed by atoms with Gasteiger partial charge in [0.05, 0.1) is 0 Å². The van der Waals surface area contributed by atoms with E-state index >= 15 is 0 Å². The fraction of sp³-hybridized carbons (Fsp3) is 0.647. The Morgan fingerprint density at radius 2 is 1.95 bits per heavy atom. The number of rotatable bonds is 6. The first kappa shape index (κ1) is 15.2. The quantitative estimate of drug-likeness (QED) is 0.738. The second-order valence-corrected chi connectivity index (χ2v) is 6.37. The van der Waals surface area contributed by atoms with Crippen LogP contribution in [0, 0.1) is 0 Å². The minimum absolute atomic E-state index is 0.697. The minimum atomic E-state index is 0.697. The number of nitrogens with zero attached hydrogens (tertiary/aromatic N) is 3. The third-order valence-corrected chi connectivity index (χ3v) is 4.64. The summed E-state index contributed by atoms with van der Waals surface area (Å²) in [5.74, 6) is 0. The molecule has 3 heteroatoms. The SMILES string of the molecule is C=C(C)N1CC(N(C)CCN(C)C2=CC=C(C)CC2)C1. The lowest BCUT2D eigenvalue weighted by Gasteiger charge is -2.46. The van der Waals surface area contributed by atoms with Crippen LogP contribution in [0.2, 0.25) is 0 Å². The summed E-state index contributed by atoms with van der Waals surface area (Å²) in [7, 11) is 4.46. The lowest BCUT2D eigenvalue weighted by Crippen LogP contribution is -2.58. The van der Waals surface area contributed by atoms with Gasteiger partial charge in [0, 0.05) is 50.7 Å². The summed E-state index contributed by atoms with van der Waals surface area (Å²) >= 11 is 0. The molecule has 0 aromatic rings. The molecule has 0 amide bonds. The van der Waals surface area contributed by atoms with E-state index in [9.17, 15) is 0 Å². The molecule has 1 fully saturated rings. The van der Waals surface area contributed by atoms with Crippen LogP contribution in [-0.4, -0.2) is 61.0 Å². The highest BCUT2D eigenvalue weighted by atomic mass is 15.3. The van der Waals surface area contributed by atoms with Gasteiger partial charge in [-0.25, -0.2) is 0 Å². The molecule has 1 heterocycles. The van der Waals surface area contributed by atoms with Crippen LogP contribution < -0.4 is 0 Å². The van der Waals surface area contributed by atoms with Gasteiger partial charge in [0.25, 0.3) is 0 Å². The van der Waals surface area contributed by atoms with Crippen LogP contribution in [-0.2, 0) is 0 Å². The summed E-state index contributed by atoms with van der Waals surface area (Å²) in [4.78, 5) is 7.25. The zero-order valence-corrected chi connectivity index (χ0v) is 13.5. The Hall–Kier alpha value is -1.22. The van der Waals surface area contributed by atoms with Gasteiger partial charge in [-0.15, -0.1) is 0 Å². The third kappa shape index (κ3) is 3.66. The first-order chi connectivity index (χ1) is 9.47. The topological polar surface area (TPSA) is 9.72 Å². The standard InChI is InChI=1S/C17H29N3/c1-14(2)20-12-17(13-20)19(5)11-10-18(4)16-8-6-15(3)7-9-16/h6,8,17H,1,7,9-13H2,2-5H3. The van der Waals surface area contributed by atoms with Gasteiger partial charge in [-0.2, -0.15) is 0 Å². The largest absolute Gasteiger partial charge is 0.377 e. The van der Waals surface area contributed by atoms with Gasteiger partial charge >= 0.3 is 0 Å². The van der Waals surface area contributed by atoms with Crippen LogP contribution in [0.4, 0.5) is 0 Å². The molecule has 0 N–H and O–H groups in total. The molecule has 0 saturated carbocycles. The average molecular weight is 275 g/mol. The van der Waals surface area contributed by atoms with Crippen molar-refractivity contribution in [1.82, 2.24) is 14.7 Å². The molecule has 3 nitrogen and oxygen atoms in total. The molecule has 0 atom stereocenters. The van der Waals surface area contributed by atoms with Crippen molar-refractivity contribution in [2.45, 2.75) is 32.7 Å². The molecular formula is C17H29N3. The van der Waals surface area contributed by atoms with E-state index < -0.39 is 0 Å². The molecule has 112 valence electrons. The molecule has 0 aromatic heterocycles. The summed E-state index contributed by atoms with van der Waals surface area (Å²) in [6.07, 6.45) is 6.94. The van der Waals surface area contributed by atoms with Gasteiger partial charge in [0.1, 0.15) is 0 Å². The van der Waals surface area contributed by atoms with Crippen molar-refractivity contribution in [2.75, 3.05) is 40.3 Å². The van der Waals surface area contributed by atoms with E-state index in [4.69, 9.17) is 0 Å². The van der Waals surface area contributed by atoms with Crippen molar-refractivity contribution in [2.24, 2.45) is 0 Å². The smallest absolute Gasteiger partial charge is 0.0444 e. The fourth-order valence-electron chi connectivity index (χ4n) is 2.73. The Balaban J connectivity index is 1.71. The predicted octanol–water partition coefficient (Wildman–Crippen LogP) is 2.69. The van der Waals surface area contributed by atoms with E-state index in [1.165, 1.54) is 29.8 Å². The Bertz CT molecular complexity index is 416. The molecule has 0 unspecified atom stereocenters. The van der Waals surface area contributed by atoms with E-state index in [1.807, 2.05) is 0 Å². The van der Waals surface area contributed by atoms with Crippen LogP contribution in [0.1, 0.15) is 26.7 Å². The summed E-state index contributed by atoms with van der Waals surface area (Å²) in [6.45, 7) is 12.8. The predicted molar refractivity (Wildman–Crippen MR) is 86.5 cm³/mol. The maximum Gasteiger partial charge on any atom is 0.0444 e. The number of likely N-dealkylation sites (tertiary alicyclic amines) is 1. The molecular weight excluding hydrogens is 246 g/mol. The van der Waals surface area contributed by atoms with Gasteiger partial charge in [-0.1, -0.05) is 18.2 Å². The highest BCUT2D eigenvalue weighted by Crippen LogP contribution is 2.21. The van der Waals surface area contributed by atoms with Crippen LogP contribution in [0.3, 0.4) is 0 Å². The van der Waals surface area contributed by atoms with Gasteiger partial charge in [-0.3, -0.25) is 4.90 Å². The second kappa shape index (κ2) is 6.49. The molecule has 1 aliphatic heterocycles. The molecule has 1 saturated heterocycles. The van der Waals surface area contributed by atoms with E-state index in [-0.39, 0.29) is 0 Å². The molecule has 0 bridgehead atoms. The molecule has 0 spiro atoms. The summed E-state index contributed by atoms with van der Waals surface area (Å²) in [6, 6.07) is 0.697. The summed E-state index contributed by atoms with van der Waals surface area (Å²) in [5, 5.41) is 0. The lowest BCUT2D eigenvalue weighted by atomic mass is 10.0. The summed E-state index contributed by atoms with van der Waals surface area (Å²) in [5.41, 5.74) is 4.16. The van der Waals surface area contributed by atoms with Crippen molar-refractivity contribution in [3.05, 3.63) is 35.7 Å². The first-order valence-electron chi connectivity index (χ1n) is 7.65. The highest BCUT2D eigenvalue weighted by molar-refractivity contribution is 5.21. The molecule has 0 aromatic carbocycles. The van der Waals surface area contributed by atoms with Crippen molar-refractivity contribution < 1.29 is 0 Å².